The number of aryl methyl sites for hydroxylation is 2. The van der Waals surface area contributed by atoms with Crippen LogP contribution in [0.3, 0.4) is 0 Å². The van der Waals surface area contributed by atoms with Crippen molar-refractivity contribution in [3.8, 4) is 0 Å². The Bertz CT molecular complexity index is 340. The maximum absolute atomic E-state index is 4.40. The van der Waals surface area contributed by atoms with Gasteiger partial charge in [0.05, 0.1) is 5.69 Å². The summed E-state index contributed by atoms with van der Waals surface area (Å²) in [7, 11) is 1.96. The largest absolute Gasteiger partial charge is 0.316 e. The first-order valence-electron chi connectivity index (χ1n) is 4.92. The van der Waals surface area contributed by atoms with Crippen LogP contribution in [0.25, 0.3) is 0 Å². The van der Waals surface area contributed by atoms with Gasteiger partial charge in [-0.2, -0.15) is 0 Å². The van der Waals surface area contributed by atoms with Crippen molar-refractivity contribution in [2.75, 3.05) is 7.05 Å². The van der Waals surface area contributed by atoms with Crippen LogP contribution in [0.5, 0.6) is 0 Å². The van der Waals surface area contributed by atoms with Gasteiger partial charge in [0.1, 0.15) is 0 Å². The van der Waals surface area contributed by atoms with Gasteiger partial charge in [0.15, 0.2) is 0 Å². The summed E-state index contributed by atoms with van der Waals surface area (Å²) in [5.41, 5.74) is 4.91. The van der Waals surface area contributed by atoms with Gasteiger partial charge in [-0.15, -0.1) is 0 Å². The third-order valence-electron chi connectivity index (χ3n) is 2.15. The smallest absolute Gasteiger partial charge is 0.0699 e. The Morgan fingerprint density at radius 3 is 2.64 bits per heavy atom. The van der Waals surface area contributed by atoms with Crippen LogP contribution in [0.2, 0.25) is 0 Å². The Hall–Kier alpha value is -1.15. The molecule has 1 rings (SSSR count). The molecular formula is C12H18N2. The van der Waals surface area contributed by atoms with E-state index in [2.05, 4.69) is 36.3 Å². The molecule has 0 saturated heterocycles. The van der Waals surface area contributed by atoms with Gasteiger partial charge in [0, 0.05) is 12.8 Å². The lowest BCUT2D eigenvalue weighted by Gasteiger charge is -2.09. The van der Waals surface area contributed by atoms with Crippen LogP contribution < -0.4 is 5.32 Å². The van der Waals surface area contributed by atoms with Crippen molar-refractivity contribution >= 4 is 11.9 Å². The van der Waals surface area contributed by atoms with Crippen LogP contribution in [0.1, 0.15) is 23.6 Å². The van der Waals surface area contributed by atoms with E-state index >= 15 is 0 Å². The van der Waals surface area contributed by atoms with Gasteiger partial charge in [-0.3, -0.25) is 4.99 Å². The Morgan fingerprint density at radius 2 is 2.07 bits per heavy atom. The van der Waals surface area contributed by atoms with Crippen LogP contribution in [0.15, 0.2) is 17.1 Å². The third-order valence-corrected chi connectivity index (χ3v) is 2.15. The molecule has 0 heterocycles. The summed E-state index contributed by atoms with van der Waals surface area (Å²) in [6, 6.07) is 4.35. The standard InChI is InChI=1S/C12H18N2/c1-5-14-12-10(3)6-9(2)7-11(12)8-13-4/h5-7,13H,8H2,1-4H3. The molecule has 0 bridgehead atoms. The number of hydrogen-bond donors (Lipinski definition) is 1. The molecule has 0 aliphatic carbocycles. The minimum Gasteiger partial charge on any atom is -0.316 e. The zero-order chi connectivity index (χ0) is 10.6. The molecule has 0 aliphatic rings. The molecule has 0 aliphatic heterocycles. The fourth-order valence-corrected chi connectivity index (χ4v) is 1.69. The van der Waals surface area contributed by atoms with Crippen LogP contribution >= 0.6 is 0 Å². The lowest BCUT2D eigenvalue weighted by Crippen LogP contribution is -2.06. The van der Waals surface area contributed by atoms with Crippen molar-refractivity contribution < 1.29 is 0 Å². The van der Waals surface area contributed by atoms with Crippen LogP contribution in [-0.4, -0.2) is 13.3 Å². The van der Waals surface area contributed by atoms with Gasteiger partial charge >= 0.3 is 0 Å². The molecule has 0 unspecified atom stereocenters. The molecule has 0 aromatic heterocycles. The molecule has 2 heteroatoms. The topological polar surface area (TPSA) is 24.4 Å². The van der Waals surface area contributed by atoms with Gasteiger partial charge in [-0.1, -0.05) is 17.7 Å². The fraction of sp³-hybridized carbons (Fsp3) is 0.417. The molecule has 1 aromatic rings. The molecule has 1 N–H and O–H groups in total. The summed E-state index contributed by atoms with van der Waals surface area (Å²) in [6.45, 7) is 7.04. The first-order valence-corrected chi connectivity index (χ1v) is 4.92. The Labute approximate surface area is 86.1 Å². The normalized spacial score (nSPS) is 11.1. The average molecular weight is 190 g/mol. The van der Waals surface area contributed by atoms with Crippen LogP contribution in [0.4, 0.5) is 5.69 Å². The van der Waals surface area contributed by atoms with E-state index in [1.807, 2.05) is 20.2 Å². The summed E-state index contributed by atoms with van der Waals surface area (Å²) in [6.07, 6.45) is 1.84. The highest BCUT2D eigenvalue weighted by Gasteiger charge is 2.04. The Balaban J connectivity index is 3.21. The molecule has 0 atom stereocenters. The molecular weight excluding hydrogens is 172 g/mol. The van der Waals surface area contributed by atoms with Crippen molar-refractivity contribution in [2.24, 2.45) is 4.99 Å². The predicted molar refractivity (Wildman–Crippen MR) is 62.5 cm³/mol. The van der Waals surface area contributed by atoms with E-state index in [-0.39, 0.29) is 0 Å². The van der Waals surface area contributed by atoms with Gasteiger partial charge < -0.3 is 5.32 Å². The number of benzene rings is 1. The van der Waals surface area contributed by atoms with E-state index in [0.29, 0.717) is 0 Å². The zero-order valence-electron chi connectivity index (χ0n) is 9.39. The van der Waals surface area contributed by atoms with E-state index < -0.39 is 0 Å². The second-order valence-corrected chi connectivity index (χ2v) is 3.51. The molecule has 0 saturated carbocycles. The van der Waals surface area contributed by atoms with E-state index in [4.69, 9.17) is 0 Å². The molecule has 14 heavy (non-hydrogen) atoms. The second kappa shape index (κ2) is 4.91. The number of aliphatic imine (C=N–C) groups is 1. The molecule has 76 valence electrons. The highest BCUT2D eigenvalue weighted by atomic mass is 14.8. The van der Waals surface area contributed by atoms with Crippen molar-refractivity contribution in [2.45, 2.75) is 27.3 Å². The monoisotopic (exact) mass is 190 g/mol. The third kappa shape index (κ3) is 2.42. The van der Waals surface area contributed by atoms with Gasteiger partial charge in [-0.05, 0) is 38.9 Å². The van der Waals surface area contributed by atoms with Crippen LogP contribution in [0, 0.1) is 13.8 Å². The minimum atomic E-state index is 0.870. The predicted octanol–water partition coefficient (Wildman–Crippen LogP) is 2.75. The van der Waals surface area contributed by atoms with Crippen molar-refractivity contribution in [3.05, 3.63) is 28.8 Å². The Kier molecular flexibility index (Phi) is 3.84. The zero-order valence-corrected chi connectivity index (χ0v) is 9.39. The van der Waals surface area contributed by atoms with Crippen molar-refractivity contribution in [1.29, 1.82) is 0 Å². The lowest BCUT2D eigenvalue weighted by atomic mass is 10.0. The number of rotatable bonds is 3. The average Bonchev–Trinajstić information content (AvgIpc) is 2.11. The molecule has 0 amide bonds. The van der Waals surface area contributed by atoms with E-state index in [0.717, 1.165) is 12.2 Å². The summed E-state index contributed by atoms with van der Waals surface area (Å²) < 4.78 is 0. The summed E-state index contributed by atoms with van der Waals surface area (Å²) in [5, 5.41) is 3.16. The first kappa shape index (κ1) is 10.9. The van der Waals surface area contributed by atoms with Crippen LogP contribution in [-0.2, 0) is 6.54 Å². The van der Waals surface area contributed by atoms with Gasteiger partial charge in [0.25, 0.3) is 0 Å². The Morgan fingerprint density at radius 1 is 1.36 bits per heavy atom. The maximum atomic E-state index is 4.40. The first-order chi connectivity index (χ1) is 6.69. The summed E-state index contributed by atoms with van der Waals surface area (Å²) in [4.78, 5) is 4.40. The highest BCUT2D eigenvalue weighted by molar-refractivity contribution is 5.65. The number of nitrogens with zero attached hydrogens (tertiary/aromatic N) is 1. The fourth-order valence-electron chi connectivity index (χ4n) is 1.69. The number of hydrogen-bond acceptors (Lipinski definition) is 2. The minimum absolute atomic E-state index is 0.870. The number of nitrogens with one attached hydrogen (secondary N) is 1. The molecule has 2 nitrogen and oxygen atoms in total. The van der Waals surface area contributed by atoms with Crippen molar-refractivity contribution in [1.82, 2.24) is 5.32 Å². The molecule has 0 radical (unpaired) electrons. The van der Waals surface area contributed by atoms with Gasteiger partial charge in [-0.25, -0.2) is 0 Å². The summed E-state index contributed by atoms with van der Waals surface area (Å²) >= 11 is 0. The van der Waals surface area contributed by atoms with Crippen molar-refractivity contribution in [3.63, 3.8) is 0 Å². The second-order valence-electron chi connectivity index (χ2n) is 3.51. The molecule has 1 aromatic carbocycles. The quantitative estimate of drug-likeness (QED) is 0.728. The van der Waals surface area contributed by atoms with E-state index in [1.54, 1.807) is 0 Å². The highest BCUT2D eigenvalue weighted by Crippen LogP contribution is 2.25. The molecule has 0 fully saturated rings. The summed E-state index contributed by atoms with van der Waals surface area (Å²) in [5.74, 6) is 0. The van der Waals surface area contributed by atoms with E-state index in [1.165, 1.54) is 16.7 Å². The van der Waals surface area contributed by atoms with Gasteiger partial charge in [0.2, 0.25) is 0 Å². The maximum Gasteiger partial charge on any atom is 0.0699 e. The van der Waals surface area contributed by atoms with E-state index in [9.17, 15) is 0 Å². The SMILES string of the molecule is CC=Nc1c(C)cc(C)cc1CNC. The molecule has 0 spiro atoms. The lowest BCUT2D eigenvalue weighted by molar-refractivity contribution is 0.816.